The molecule has 0 saturated heterocycles. The largest absolute Gasteiger partial charge is 0.472 e. The molecule has 0 amide bonds. The lowest BCUT2D eigenvalue weighted by Gasteiger charge is -2.69. The fraction of sp³-hybridized carbons (Fsp3) is 0.700. The van der Waals surface area contributed by atoms with Crippen LogP contribution in [0.25, 0.3) is 0 Å². The zero-order chi connectivity index (χ0) is 27.0. The van der Waals surface area contributed by atoms with Crippen LogP contribution in [0.15, 0.2) is 34.7 Å². The first-order chi connectivity index (χ1) is 17.2. The minimum Gasteiger partial charge on any atom is -0.472 e. The molecular formula is C30H40O7. The zero-order valence-corrected chi connectivity index (χ0v) is 23.1. The molecule has 1 aromatic rings. The Morgan fingerprint density at radius 3 is 2.24 bits per heavy atom. The maximum atomic E-state index is 13.0. The van der Waals surface area contributed by atoms with E-state index in [1.54, 1.807) is 18.6 Å². The van der Waals surface area contributed by atoms with Crippen molar-refractivity contribution in [3.63, 3.8) is 0 Å². The summed E-state index contributed by atoms with van der Waals surface area (Å²) in [6, 6.07) is 1.86. The van der Waals surface area contributed by atoms with Gasteiger partial charge in [-0.2, -0.15) is 0 Å². The average Bonchev–Trinajstić information content (AvgIpc) is 3.32. The fourth-order valence-corrected chi connectivity index (χ4v) is 9.24. The summed E-state index contributed by atoms with van der Waals surface area (Å²) in [6.45, 7) is 14.0. The van der Waals surface area contributed by atoms with E-state index in [0.29, 0.717) is 6.42 Å². The van der Waals surface area contributed by atoms with Crippen LogP contribution in [0.1, 0.15) is 92.2 Å². The molecule has 5 rings (SSSR count). The smallest absolute Gasteiger partial charge is 0.331 e. The van der Waals surface area contributed by atoms with E-state index in [-0.39, 0.29) is 46.7 Å². The maximum absolute atomic E-state index is 13.0. The third kappa shape index (κ3) is 3.70. The summed E-state index contributed by atoms with van der Waals surface area (Å²) in [6.07, 6.45) is 7.98. The van der Waals surface area contributed by atoms with Crippen molar-refractivity contribution >= 4 is 17.9 Å². The Bertz CT molecular complexity index is 1130. The van der Waals surface area contributed by atoms with Gasteiger partial charge in [0.1, 0.15) is 18.3 Å². The molecule has 0 bridgehead atoms. The van der Waals surface area contributed by atoms with Gasteiger partial charge < -0.3 is 18.6 Å². The fourth-order valence-electron chi connectivity index (χ4n) is 9.24. The van der Waals surface area contributed by atoms with Crippen LogP contribution < -0.4 is 0 Å². The molecular weight excluding hydrogens is 472 g/mol. The van der Waals surface area contributed by atoms with Gasteiger partial charge >= 0.3 is 17.9 Å². The quantitative estimate of drug-likeness (QED) is 0.366. The first-order valence-electron chi connectivity index (χ1n) is 13.5. The molecule has 2 heterocycles. The Hall–Kier alpha value is -2.57. The summed E-state index contributed by atoms with van der Waals surface area (Å²) < 4.78 is 23.3. The van der Waals surface area contributed by atoms with Gasteiger partial charge in [0.2, 0.25) is 0 Å². The van der Waals surface area contributed by atoms with E-state index in [9.17, 15) is 14.4 Å². The molecule has 1 aliphatic heterocycles. The Kier molecular flexibility index (Phi) is 5.96. The number of esters is 3. The third-order valence-electron chi connectivity index (χ3n) is 10.8. The zero-order valence-electron chi connectivity index (χ0n) is 23.1. The summed E-state index contributed by atoms with van der Waals surface area (Å²) in [5, 5.41) is 0. The van der Waals surface area contributed by atoms with Crippen molar-refractivity contribution < 1.29 is 33.0 Å². The van der Waals surface area contributed by atoms with Crippen LogP contribution in [0.4, 0.5) is 0 Å². The number of hydrogen-bond donors (Lipinski definition) is 0. The van der Waals surface area contributed by atoms with Crippen molar-refractivity contribution in [3.05, 3.63) is 35.8 Å². The van der Waals surface area contributed by atoms with E-state index >= 15 is 0 Å². The van der Waals surface area contributed by atoms with Gasteiger partial charge in [0.25, 0.3) is 0 Å². The molecule has 0 spiro atoms. The van der Waals surface area contributed by atoms with E-state index in [0.717, 1.165) is 36.8 Å². The number of carbonyl (C=O) groups is 3. The number of carbonyl (C=O) groups excluding carboxylic acids is 3. The normalized spacial score (nSPS) is 42.3. The topological polar surface area (TPSA) is 92.0 Å². The molecule has 4 aliphatic rings. The van der Waals surface area contributed by atoms with Crippen molar-refractivity contribution in [3.8, 4) is 0 Å². The summed E-state index contributed by atoms with van der Waals surface area (Å²) in [5.74, 6) is -0.602. The molecule has 3 saturated carbocycles. The number of cyclic esters (lactones) is 1. The Labute approximate surface area is 219 Å². The van der Waals surface area contributed by atoms with Gasteiger partial charge in [0.15, 0.2) is 0 Å². The van der Waals surface area contributed by atoms with Crippen LogP contribution in [0.3, 0.4) is 0 Å². The Morgan fingerprint density at radius 1 is 0.946 bits per heavy atom. The monoisotopic (exact) mass is 512 g/mol. The SMILES string of the molecule is CC(=O)O[C@@H]1CC[C@@]2(C)C(C[C@@H](OC(C)=O)[C@@]3(C)C4=CC(=O)O[C@@H](c5ccoc5)[C@]4(C)CCC23)C1(C)C. The summed E-state index contributed by atoms with van der Waals surface area (Å²) >= 11 is 0. The highest BCUT2D eigenvalue weighted by Gasteiger charge is 2.70. The van der Waals surface area contributed by atoms with Gasteiger partial charge in [-0.05, 0) is 61.0 Å². The van der Waals surface area contributed by atoms with Crippen molar-refractivity contribution in [2.75, 3.05) is 0 Å². The van der Waals surface area contributed by atoms with Crippen molar-refractivity contribution in [1.82, 2.24) is 0 Å². The minimum absolute atomic E-state index is 0.0831. The van der Waals surface area contributed by atoms with E-state index in [2.05, 4.69) is 34.6 Å². The van der Waals surface area contributed by atoms with Crippen LogP contribution in [-0.4, -0.2) is 30.1 Å². The van der Waals surface area contributed by atoms with Crippen LogP contribution in [0.5, 0.6) is 0 Å². The van der Waals surface area contributed by atoms with Gasteiger partial charge in [-0.15, -0.1) is 0 Å². The van der Waals surface area contributed by atoms with E-state index < -0.39 is 23.0 Å². The molecule has 7 nitrogen and oxygen atoms in total. The number of furan rings is 1. The molecule has 37 heavy (non-hydrogen) atoms. The second-order valence-electron chi connectivity index (χ2n) is 13.1. The second kappa shape index (κ2) is 8.47. The maximum Gasteiger partial charge on any atom is 0.331 e. The first kappa shape index (κ1) is 26.1. The lowest BCUT2D eigenvalue weighted by molar-refractivity contribution is -0.230. The molecule has 0 aromatic carbocycles. The number of hydrogen-bond acceptors (Lipinski definition) is 7. The Balaban J connectivity index is 1.63. The number of ether oxygens (including phenoxy) is 3. The molecule has 0 radical (unpaired) electrons. The Morgan fingerprint density at radius 2 is 1.62 bits per heavy atom. The van der Waals surface area contributed by atoms with Gasteiger partial charge in [0, 0.05) is 41.7 Å². The molecule has 1 aromatic heterocycles. The van der Waals surface area contributed by atoms with Crippen LogP contribution in [0, 0.1) is 33.5 Å². The van der Waals surface area contributed by atoms with Crippen LogP contribution >= 0.6 is 0 Å². The van der Waals surface area contributed by atoms with Crippen molar-refractivity contribution in [1.29, 1.82) is 0 Å². The highest BCUT2D eigenvalue weighted by atomic mass is 16.6. The standard InChI is InChI=1S/C30H40O7/c1-17(31)35-23-9-12-28(5)20-8-11-29(6)22(15-25(33)37-26(29)19-10-13-34-16-19)30(20,7)24(36-18(2)32)14-21(28)27(23,3)4/h10,13,15-16,20-21,23-24,26H,8-9,11-12,14H2,1-7H3/t20?,21?,23-,24-,26+,28-,29-,30-/m1/s1. The van der Waals surface area contributed by atoms with Gasteiger partial charge in [-0.25, -0.2) is 4.79 Å². The third-order valence-corrected chi connectivity index (χ3v) is 10.8. The summed E-state index contributed by atoms with van der Waals surface area (Å²) in [4.78, 5) is 37.4. The van der Waals surface area contributed by atoms with E-state index in [4.69, 9.17) is 18.6 Å². The van der Waals surface area contributed by atoms with Crippen molar-refractivity contribution in [2.24, 2.45) is 33.5 Å². The van der Waals surface area contributed by atoms with Crippen molar-refractivity contribution in [2.45, 2.75) is 98.9 Å². The molecule has 0 N–H and O–H groups in total. The minimum atomic E-state index is -0.546. The van der Waals surface area contributed by atoms with E-state index in [1.807, 2.05) is 6.07 Å². The molecule has 3 fully saturated rings. The average molecular weight is 513 g/mol. The molecule has 8 atom stereocenters. The van der Waals surface area contributed by atoms with Gasteiger partial charge in [-0.1, -0.05) is 34.6 Å². The number of rotatable bonds is 3. The highest BCUT2D eigenvalue weighted by molar-refractivity contribution is 5.85. The summed E-state index contributed by atoms with van der Waals surface area (Å²) in [5.41, 5.74) is 0.489. The summed E-state index contributed by atoms with van der Waals surface area (Å²) in [7, 11) is 0. The molecule has 202 valence electrons. The van der Waals surface area contributed by atoms with Gasteiger partial charge in [-0.3, -0.25) is 9.59 Å². The molecule has 2 unspecified atom stereocenters. The lowest BCUT2D eigenvalue weighted by atomic mass is 9.36. The molecule has 7 heteroatoms. The second-order valence-corrected chi connectivity index (χ2v) is 13.1. The predicted octanol–water partition coefficient (Wildman–Crippen LogP) is 5.94. The van der Waals surface area contributed by atoms with Crippen LogP contribution in [0.2, 0.25) is 0 Å². The van der Waals surface area contributed by atoms with Crippen LogP contribution in [-0.2, 0) is 28.6 Å². The predicted molar refractivity (Wildman–Crippen MR) is 135 cm³/mol. The number of fused-ring (bicyclic) bond motifs is 5. The first-order valence-corrected chi connectivity index (χ1v) is 13.5. The van der Waals surface area contributed by atoms with Gasteiger partial charge in [0.05, 0.1) is 12.5 Å². The highest BCUT2D eigenvalue weighted by Crippen LogP contribution is 2.73. The van der Waals surface area contributed by atoms with E-state index in [1.165, 1.54) is 13.8 Å². The lowest BCUT2D eigenvalue weighted by Crippen LogP contribution is -2.67. The molecule has 3 aliphatic carbocycles.